The minimum Gasteiger partial charge on any atom is -0.383 e. The van der Waals surface area contributed by atoms with Gasteiger partial charge in [0.05, 0.1) is 43.2 Å². The number of methoxy groups -OCH3 is 1. The predicted molar refractivity (Wildman–Crippen MR) is 117 cm³/mol. The van der Waals surface area contributed by atoms with Crippen LogP contribution in [0, 0.1) is 0 Å². The third-order valence-electron chi connectivity index (χ3n) is 6.28. The fourth-order valence-electron chi connectivity index (χ4n) is 4.66. The molecule has 2 atom stereocenters. The van der Waals surface area contributed by atoms with Crippen molar-refractivity contribution in [2.24, 2.45) is 0 Å². The van der Waals surface area contributed by atoms with Crippen molar-refractivity contribution < 1.29 is 19.1 Å². The van der Waals surface area contributed by atoms with E-state index in [9.17, 15) is 9.59 Å². The fourth-order valence-corrected chi connectivity index (χ4v) is 4.66. The van der Waals surface area contributed by atoms with Crippen LogP contribution < -0.4 is 5.32 Å². The molecule has 1 N–H and O–H groups in total. The number of aromatic nitrogens is 1. The zero-order valence-electron chi connectivity index (χ0n) is 18.3. The number of carbonyl (C=O) groups is 2. The lowest BCUT2D eigenvalue weighted by atomic mass is 10.0. The molecule has 31 heavy (non-hydrogen) atoms. The Balaban J connectivity index is 1.61. The number of hydrogen-bond donors (Lipinski definition) is 1. The second kappa shape index (κ2) is 9.66. The molecule has 0 bridgehead atoms. The van der Waals surface area contributed by atoms with Crippen LogP contribution >= 0.6 is 0 Å². The molecular formula is C24H31N3O4. The van der Waals surface area contributed by atoms with Crippen molar-refractivity contribution in [3.8, 4) is 0 Å². The normalized spacial score (nSPS) is 19.2. The Bertz CT molecular complexity index is 924. The highest BCUT2D eigenvalue weighted by Gasteiger charge is 2.34. The number of benzene rings is 1. The summed E-state index contributed by atoms with van der Waals surface area (Å²) < 4.78 is 12.9. The van der Waals surface area contributed by atoms with Crippen molar-refractivity contribution in [3.05, 3.63) is 58.9 Å². The van der Waals surface area contributed by atoms with Crippen molar-refractivity contribution in [1.29, 1.82) is 0 Å². The van der Waals surface area contributed by atoms with Crippen LogP contribution in [0.2, 0.25) is 0 Å². The monoisotopic (exact) mass is 425 g/mol. The topological polar surface area (TPSA) is 72.8 Å². The Morgan fingerprint density at radius 1 is 1.26 bits per heavy atom. The van der Waals surface area contributed by atoms with Gasteiger partial charge in [0.15, 0.2) is 0 Å². The summed E-state index contributed by atoms with van der Waals surface area (Å²) >= 11 is 0. The number of ether oxygens (including phenoxy) is 2. The van der Waals surface area contributed by atoms with E-state index >= 15 is 0 Å². The minimum absolute atomic E-state index is 0.0389. The first kappa shape index (κ1) is 21.6. The van der Waals surface area contributed by atoms with Gasteiger partial charge in [-0.1, -0.05) is 37.3 Å². The van der Waals surface area contributed by atoms with Gasteiger partial charge in [-0.2, -0.15) is 0 Å². The quantitative estimate of drug-likeness (QED) is 0.740. The Kier molecular flexibility index (Phi) is 6.73. The number of likely N-dealkylation sites (tertiary alicyclic amines) is 1. The molecule has 0 saturated carbocycles. The molecule has 0 radical (unpaired) electrons. The van der Waals surface area contributed by atoms with Crippen LogP contribution in [0.5, 0.6) is 0 Å². The summed E-state index contributed by atoms with van der Waals surface area (Å²) in [4.78, 5) is 28.6. The van der Waals surface area contributed by atoms with Gasteiger partial charge in [0.2, 0.25) is 0 Å². The van der Waals surface area contributed by atoms with Crippen molar-refractivity contribution >= 4 is 11.8 Å². The first-order valence-electron chi connectivity index (χ1n) is 11.1. The molecule has 2 amide bonds. The molecule has 0 aliphatic carbocycles. The first-order chi connectivity index (χ1) is 15.1. The van der Waals surface area contributed by atoms with Gasteiger partial charge in [-0.05, 0) is 30.9 Å². The van der Waals surface area contributed by atoms with Crippen molar-refractivity contribution in [3.63, 3.8) is 0 Å². The van der Waals surface area contributed by atoms with Crippen LogP contribution in [-0.4, -0.2) is 54.2 Å². The Morgan fingerprint density at radius 2 is 2.06 bits per heavy atom. The molecule has 2 aliphatic heterocycles. The molecule has 3 heterocycles. The highest BCUT2D eigenvalue weighted by molar-refractivity contribution is 6.01. The van der Waals surface area contributed by atoms with E-state index in [0.717, 1.165) is 30.5 Å². The van der Waals surface area contributed by atoms with Gasteiger partial charge in [0.25, 0.3) is 11.8 Å². The van der Waals surface area contributed by atoms with E-state index in [1.165, 1.54) is 0 Å². The Hall–Kier alpha value is -2.64. The molecule has 7 nitrogen and oxygen atoms in total. The summed E-state index contributed by atoms with van der Waals surface area (Å²) in [6.45, 7) is 4.73. The summed E-state index contributed by atoms with van der Waals surface area (Å²) in [5.41, 5.74) is 2.96. The van der Waals surface area contributed by atoms with Crippen LogP contribution in [0.25, 0.3) is 0 Å². The van der Waals surface area contributed by atoms with E-state index in [4.69, 9.17) is 9.47 Å². The van der Waals surface area contributed by atoms with E-state index in [-0.39, 0.29) is 23.9 Å². The first-order valence-corrected chi connectivity index (χ1v) is 11.1. The molecular weight excluding hydrogens is 394 g/mol. The maximum absolute atomic E-state index is 13.4. The predicted octanol–water partition coefficient (Wildman–Crippen LogP) is 3.15. The average molecular weight is 426 g/mol. The van der Waals surface area contributed by atoms with Crippen LogP contribution in [-0.2, 0) is 22.6 Å². The zero-order chi connectivity index (χ0) is 21.8. The van der Waals surface area contributed by atoms with Gasteiger partial charge in [0, 0.05) is 20.2 Å². The Labute approximate surface area is 183 Å². The molecule has 1 fully saturated rings. The highest BCUT2D eigenvalue weighted by Crippen LogP contribution is 2.27. The lowest BCUT2D eigenvalue weighted by molar-refractivity contribution is 0.0604. The molecule has 2 unspecified atom stereocenters. The SMILES string of the molecule is CCC(NC(=O)c1cc(C(=O)N2CCCC2COC)c2n1CCOC2)c1ccccc1. The van der Waals surface area contributed by atoms with E-state index in [2.05, 4.69) is 12.2 Å². The Morgan fingerprint density at radius 3 is 2.81 bits per heavy atom. The van der Waals surface area contributed by atoms with Crippen LogP contribution in [0.3, 0.4) is 0 Å². The van der Waals surface area contributed by atoms with Crippen molar-refractivity contribution in [2.75, 3.05) is 26.9 Å². The number of fused-ring (bicyclic) bond motifs is 1. The van der Waals surface area contributed by atoms with Crippen LogP contribution in [0.15, 0.2) is 36.4 Å². The molecule has 0 spiro atoms. The molecule has 2 aliphatic rings. The number of amides is 2. The van der Waals surface area contributed by atoms with Crippen molar-refractivity contribution in [1.82, 2.24) is 14.8 Å². The maximum atomic E-state index is 13.4. The molecule has 2 aromatic rings. The molecule has 7 heteroatoms. The zero-order valence-corrected chi connectivity index (χ0v) is 18.3. The van der Waals surface area contributed by atoms with Crippen molar-refractivity contribution in [2.45, 2.75) is 51.4 Å². The largest absolute Gasteiger partial charge is 0.383 e. The second-order valence-electron chi connectivity index (χ2n) is 8.19. The standard InChI is InChI=1S/C24H31N3O4/c1-3-20(17-8-5-4-6-9-17)25-23(28)21-14-19(22-16-31-13-12-27(21)22)24(29)26-11-7-10-18(26)15-30-2/h4-6,8-9,14,18,20H,3,7,10-13,15-16H2,1-2H3,(H,25,28). The average Bonchev–Trinajstić information content (AvgIpc) is 3.43. The number of rotatable bonds is 7. The smallest absolute Gasteiger partial charge is 0.268 e. The van der Waals surface area contributed by atoms with Gasteiger partial charge >= 0.3 is 0 Å². The van der Waals surface area contributed by atoms with Crippen LogP contribution in [0.1, 0.15) is 64.3 Å². The summed E-state index contributed by atoms with van der Waals surface area (Å²) in [5, 5.41) is 3.15. The van der Waals surface area contributed by atoms with E-state index in [0.29, 0.717) is 44.2 Å². The number of nitrogens with zero attached hydrogens (tertiary/aromatic N) is 2. The van der Waals surface area contributed by atoms with Gasteiger partial charge < -0.3 is 24.3 Å². The summed E-state index contributed by atoms with van der Waals surface area (Å²) in [6.07, 6.45) is 2.69. The summed E-state index contributed by atoms with van der Waals surface area (Å²) in [7, 11) is 1.66. The number of hydrogen-bond acceptors (Lipinski definition) is 4. The van der Waals surface area contributed by atoms with Gasteiger partial charge in [-0.3, -0.25) is 9.59 Å². The molecule has 1 saturated heterocycles. The van der Waals surface area contributed by atoms with E-state index in [1.54, 1.807) is 13.2 Å². The molecule has 166 valence electrons. The fraction of sp³-hybridized carbons (Fsp3) is 0.500. The van der Waals surface area contributed by atoms with Crippen LogP contribution in [0.4, 0.5) is 0 Å². The number of carbonyl (C=O) groups excluding carboxylic acids is 2. The second-order valence-corrected chi connectivity index (χ2v) is 8.19. The maximum Gasteiger partial charge on any atom is 0.268 e. The highest BCUT2D eigenvalue weighted by atomic mass is 16.5. The molecule has 1 aromatic carbocycles. The molecule has 1 aromatic heterocycles. The third-order valence-corrected chi connectivity index (χ3v) is 6.28. The van der Waals surface area contributed by atoms with Gasteiger partial charge in [-0.25, -0.2) is 0 Å². The number of nitrogens with one attached hydrogen (secondary N) is 1. The van der Waals surface area contributed by atoms with Gasteiger partial charge in [0.1, 0.15) is 5.69 Å². The minimum atomic E-state index is -0.159. The van der Waals surface area contributed by atoms with E-state index in [1.807, 2.05) is 39.8 Å². The summed E-state index contributed by atoms with van der Waals surface area (Å²) in [6, 6.07) is 11.7. The third kappa shape index (κ3) is 4.38. The van der Waals surface area contributed by atoms with Gasteiger partial charge in [-0.15, -0.1) is 0 Å². The van der Waals surface area contributed by atoms with E-state index < -0.39 is 0 Å². The molecule has 4 rings (SSSR count). The summed E-state index contributed by atoms with van der Waals surface area (Å²) in [5.74, 6) is -0.198. The lowest BCUT2D eigenvalue weighted by Crippen LogP contribution is -2.38. The lowest BCUT2D eigenvalue weighted by Gasteiger charge is -2.25.